The van der Waals surface area contributed by atoms with Crippen LogP contribution >= 0.6 is 34.8 Å². The molecule has 5 nitrogen and oxygen atoms in total. The summed E-state index contributed by atoms with van der Waals surface area (Å²) in [6, 6.07) is 12.1. The molecule has 25 heavy (non-hydrogen) atoms. The smallest absolute Gasteiger partial charge is 0.186 e. The average molecular weight is 469 g/mol. The summed E-state index contributed by atoms with van der Waals surface area (Å²) >= 11 is 7.20. The van der Waals surface area contributed by atoms with Gasteiger partial charge in [0.1, 0.15) is 6.61 Å². The number of nitrogens with zero attached hydrogens (tertiary/aromatic N) is 1. The van der Waals surface area contributed by atoms with Gasteiger partial charge in [0.25, 0.3) is 0 Å². The first kappa shape index (κ1) is 19.5. The number of hydrogen-bond donors (Lipinski definition) is 2. The van der Waals surface area contributed by atoms with Gasteiger partial charge in [-0.2, -0.15) is 5.10 Å². The van der Waals surface area contributed by atoms with Crippen molar-refractivity contribution in [1.29, 1.82) is 0 Å². The molecule has 2 rings (SSSR count). The Hall–Kier alpha value is -1.87. The first-order chi connectivity index (χ1) is 12.0. The van der Waals surface area contributed by atoms with Gasteiger partial charge in [-0.1, -0.05) is 29.8 Å². The highest BCUT2D eigenvalue weighted by molar-refractivity contribution is 14.1. The first-order valence-corrected chi connectivity index (χ1v) is 9.09. The van der Waals surface area contributed by atoms with Gasteiger partial charge in [-0.15, -0.1) is 0 Å². The molecule has 0 aromatic heterocycles. The summed E-state index contributed by atoms with van der Waals surface area (Å²) in [5.74, 6) is 1.39. The van der Waals surface area contributed by atoms with Gasteiger partial charge in [0, 0.05) is 7.05 Å². The molecule has 0 aliphatic rings. The van der Waals surface area contributed by atoms with Crippen LogP contribution < -0.4 is 20.2 Å². The highest BCUT2D eigenvalue weighted by atomic mass is 127. The Morgan fingerprint density at radius 2 is 2.00 bits per heavy atom. The van der Waals surface area contributed by atoms with Crippen molar-refractivity contribution in [2.75, 3.05) is 14.2 Å². The molecular weight excluding hydrogens is 449 g/mol. The third-order valence-electron chi connectivity index (χ3n) is 3.36. The standard InChI is InChI=1S/C18H20IN3O2S/c1-12-4-6-13(7-5-12)11-24-17-15(19)8-14(9-16(17)23-3)10-21-22-18(25)20-2/h4-10H,11H2,1-3H3,(H2,20,22,25)/b21-10+. The van der Waals surface area contributed by atoms with Crippen molar-refractivity contribution >= 4 is 46.1 Å². The van der Waals surface area contributed by atoms with E-state index in [0.717, 1.165) is 20.4 Å². The number of benzene rings is 2. The SMILES string of the molecule is CNC(=S)N/N=C/c1cc(I)c(OCc2ccc(C)cc2)c(OC)c1. The molecule has 0 fully saturated rings. The Bertz CT molecular complexity index is 764. The lowest BCUT2D eigenvalue weighted by atomic mass is 10.2. The van der Waals surface area contributed by atoms with Crippen LogP contribution in [0.2, 0.25) is 0 Å². The van der Waals surface area contributed by atoms with Crippen LogP contribution in [-0.4, -0.2) is 25.5 Å². The van der Waals surface area contributed by atoms with Crippen LogP contribution in [0.4, 0.5) is 0 Å². The Morgan fingerprint density at radius 1 is 1.28 bits per heavy atom. The van der Waals surface area contributed by atoms with E-state index >= 15 is 0 Å². The van der Waals surface area contributed by atoms with Crippen LogP contribution in [0.1, 0.15) is 16.7 Å². The van der Waals surface area contributed by atoms with Gasteiger partial charge >= 0.3 is 0 Å². The van der Waals surface area contributed by atoms with Crippen LogP contribution in [0.25, 0.3) is 0 Å². The van der Waals surface area contributed by atoms with Crippen LogP contribution in [0, 0.1) is 10.5 Å². The molecule has 0 atom stereocenters. The molecule has 0 aliphatic heterocycles. The Morgan fingerprint density at radius 3 is 2.64 bits per heavy atom. The monoisotopic (exact) mass is 469 g/mol. The van der Waals surface area contributed by atoms with Crippen LogP contribution in [0.5, 0.6) is 11.5 Å². The minimum Gasteiger partial charge on any atom is -0.493 e. The van der Waals surface area contributed by atoms with Crippen LogP contribution in [-0.2, 0) is 6.61 Å². The van der Waals surface area contributed by atoms with E-state index in [9.17, 15) is 0 Å². The lowest BCUT2D eigenvalue weighted by Gasteiger charge is -2.13. The molecule has 0 spiro atoms. The van der Waals surface area contributed by atoms with Crippen molar-refractivity contribution in [2.45, 2.75) is 13.5 Å². The molecular formula is C18H20IN3O2S. The van der Waals surface area contributed by atoms with Crippen molar-refractivity contribution < 1.29 is 9.47 Å². The molecule has 0 saturated carbocycles. The number of nitrogens with one attached hydrogen (secondary N) is 2. The van der Waals surface area contributed by atoms with Gasteiger partial charge in [-0.05, 0) is 65.0 Å². The summed E-state index contributed by atoms with van der Waals surface area (Å²) in [4.78, 5) is 0. The van der Waals surface area contributed by atoms with Crippen LogP contribution in [0.3, 0.4) is 0 Å². The normalized spacial score (nSPS) is 10.6. The topological polar surface area (TPSA) is 54.9 Å². The molecule has 0 radical (unpaired) electrons. The zero-order valence-electron chi connectivity index (χ0n) is 14.3. The zero-order valence-corrected chi connectivity index (χ0v) is 17.3. The second-order valence-corrected chi connectivity index (χ2v) is 6.83. The molecule has 2 aromatic rings. The predicted molar refractivity (Wildman–Crippen MR) is 114 cm³/mol. The van der Waals surface area contributed by atoms with E-state index in [4.69, 9.17) is 21.7 Å². The van der Waals surface area contributed by atoms with Gasteiger partial charge in [-0.3, -0.25) is 5.43 Å². The number of thiocarbonyl (C=S) groups is 1. The molecule has 0 aliphatic carbocycles. The van der Waals surface area contributed by atoms with Gasteiger partial charge in [0.15, 0.2) is 16.6 Å². The van der Waals surface area contributed by atoms with E-state index < -0.39 is 0 Å². The maximum atomic E-state index is 5.98. The van der Waals surface area contributed by atoms with Crippen molar-refractivity contribution in [1.82, 2.24) is 10.7 Å². The fraction of sp³-hybridized carbons (Fsp3) is 0.222. The molecule has 0 unspecified atom stereocenters. The summed E-state index contributed by atoms with van der Waals surface area (Å²) in [7, 11) is 3.36. The van der Waals surface area contributed by atoms with Gasteiger partial charge in [0.2, 0.25) is 0 Å². The number of rotatable bonds is 6. The van der Waals surface area contributed by atoms with Crippen molar-refractivity contribution in [3.63, 3.8) is 0 Å². The minimum absolute atomic E-state index is 0.455. The lowest BCUT2D eigenvalue weighted by Crippen LogP contribution is -2.28. The highest BCUT2D eigenvalue weighted by Gasteiger charge is 2.11. The maximum Gasteiger partial charge on any atom is 0.186 e. The maximum absolute atomic E-state index is 5.98. The van der Waals surface area contributed by atoms with Crippen molar-refractivity contribution in [2.24, 2.45) is 5.10 Å². The van der Waals surface area contributed by atoms with Gasteiger partial charge in [-0.25, -0.2) is 0 Å². The third kappa shape index (κ3) is 5.86. The number of ether oxygens (including phenoxy) is 2. The van der Waals surface area contributed by atoms with E-state index in [1.54, 1.807) is 20.4 Å². The molecule has 0 bridgehead atoms. The highest BCUT2D eigenvalue weighted by Crippen LogP contribution is 2.34. The van der Waals surface area contributed by atoms with E-state index in [1.807, 2.05) is 12.1 Å². The molecule has 2 aromatic carbocycles. The molecule has 132 valence electrons. The number of halogens is 1. The zero-order chi connectivity index (χ0) is 18.2. The molecule has 0 heterocycles. The Balaban J connectivity index is 2.13. The summed E-state index contributed by atoms with van der Waals surface area (Å²) in [6.07, 6.45) is 1.68. The van der Waals surface area contributed by atoms with E-state index in [1.165, 1.54) is 5.56 Å². The van der Waals surface area contributed by atoms with Crippen LogP contribution in [0.15, 0.2) is 41.5 Å². The van der Waals surface area contributed by atoms with E-state index in [0.29, 0.717) is 17.5 Å². The molecule has 0 amide bonds. The number of hydrogen-bond acceptors (Lipinski definition) is 4. The summed E-state index contributed by atoms with van der Waals surface area (Å²) in [5.41, 5.74) is 5.94. The summed E-state index contributed by atoms with van der Waals surface area (Å²) in [5, 5.41) is 7.33. The van der Waals surface area contributed by atoms with Crippen molar-refractivity contribution in [3.8, 4) is 11.5 Å². The van der Waals surface area contributed by atoms with Gasteiger partial charge in [0.05, 0.1) is 16.9 Å². The number of methoxy groups -OCH3 is 1. The fourth-order valence-corrected chi connectivity index (χ4v) is 2.85. The number of aryl methyl sites for hydroxylation is 1. The predicted octanol–water partition coefficient (Wildman–Crippen LogP) is 3.62. The fourth-order valence-electron chi connectivity index (χ4n) is 2.02. The molecule has 0 saturated heterocycles. The summed E-state index contributed by atoms with van der Waals surface area (Å²) in [6.45, 7) is 2.55. The summed E-state index contributed by atoms with van der Waals surface area (Å²) < 4.78 is 12.4. The largest absolute Gasteiger partial charge is 0.493 e. The second kappa shape index (κ2) is 9.57. The number of hydrazone groups is 1. The van der Waals surface area contributed by atoms with Crippen molar-refractivity contribution in [3.05, 3.63) is 56.7 Å². The molecule has 7 heteroatoms. The van der Waals surface area contributed by atoms with Gasteiger partial charge < -0.3 is 14.8 Å². The average Bonchev–Trinajstić information content (AvgIpc) is 2.61. The Labute approximate surface area is 166 Å². The van der Waals surface area contributed by atoms with E-state index in [2.05, 4.69) is 69.6 Å². The van der Waals surface area contributed by atoms with E-state index in [-0.39, 0.29) is 0 Å². The lowest BCUT2D eigenvalue weighted by molar-refractivity contribution is 0.282. The first-order valence-electron chi connectivity index (χ1n) is 7.60. The molecule has 2 N–H and O–H groups in total. The minimum atomic E-state index is 0.455. The Kier molecular flexibility index (Phi) is 7.45. The third-order valence-corrected chi connectivity index (χ3v) is 4.46. The second-order valence-electron chi connectivity index (χ2n) is 5.26. The quantitative estimate of drug-likeness (QED) is 0.293.